The number of thioether (sulfide) groups is 1. The first kappa shape index (κ1) is 12.7. The number of hydrogen-bond acceptors (Lipinski definition) is 5. The van der Waals surface area contributed by atoms with Crippen LogP contribution in [0.5, 0.6) is 0 Å². The van der Waals surface area contributed by atoms with Crippen LogP contribution in [0.3, 0.4) is 0 Å². The van der Waals surface area contributed by atoms with Crippen LogP contribution in [0, 0.1) is 0 Å². The molecule has 0 unspecified atom stereocenters. The van der Waals surface area contributed by atoms with Crippen LogP contribution < -0.4 is 0 Å². The Labute approximate surface area is 97.6 Å². The molecule has 4 nitrogen and oxygen atoms in total. The summed E-state index contributed by atoms with van der Waals surface area (Å²) in [4.78, 5) is 22.9. The standard InChI is InChI=1S/C11H12O4S/c1-15-11(14)7-16-9-4-2-8(3-5-9)10(13)6-12/h2-5,12H,6-7H2,1H3. The fourth-order valence-electron chi connectivity index (χ4n) is 1.03. The van der Waals surface area contributed by atoms with Crippen molar-refractivity contribution in [3.63, 3.8) is 0 Å². The third-order valence-electron chi connectivity index (χ3n) is 1.90. The van der Waals surface area contributed by atoms with Gasteiger partial charge >= 0.3 is 5.97 Å². The van der Waals surface area contributed by atoms with Crippen LogP contribution in [0.25, 0.3) is 0 Å². The molecule has 0 aromatic heterocycles. The summed E-state index contributed by atoms with van der Waals surface area (Å²) < 4.78 is 4.50. The molecule has 0 aliphatic heterocycles. The first-order chi connectivity index (χ1) is 7.67. The molecule has 0 fully saturated rings. The summed E-state index contributed by atoms with van der Waals surface area (Å²) >= 11 is 1.33. The van der Waals surface area contributed by atoms with Gasteiger partial charge in [-0.25, -0.2) is 0 Å². The number of aliphatic hydroxyl groups is 1. The molecule has 0 saturated heterocycles. The molecular formula is C11H12O4S. The van der Waals surface area contributed by atoms with Crippen molar-refractivity contribution in [3.05, 3.63) is 29.8 Å². The molecule has 5 heteroatoms. The van der Waals surface area contributed by atoms with E-state index in [1.54, 1.807) is 24.3 Å². The zero-order valence-corrected chi connectivity index (χ0v) is 9.62. The van der Waals surface area contributed by atoms with Gasteiger partial charge in [-0.15, -0.1) is 11.8 Å². The third kappa shape index (κ3) is 3.67. The molecule has 0 amide bonds. The Kier molecular flexibility index (Phi) is 5.01. The Bertz CT molecular complexity index is 372. The number of benzene rings is 1. The van der Waals surface area contributed by atoms with Crippen molar-refractivity contribution in [2.24, 2.45) is 0 Å². The number of methoxy groups -OCH3 is 1. The highest BCUT2D eigenvalue weighted by atomic mass is 32.2. The first-order valence-electron chi connectivity index (χ1n) is 4.61. The molecule has 0 aliphatic rings. The number of hydrogen-bond donors (Lipinski definition) is 1. The van der Waals surface area contributed by atoms with E-state index in [1.165, 1.54) is 18.9 Å². The summed E-state index contributed by atoms with van der Waals surface area (Å²) in [5.74, 6) is -0.367. The number of Topliss-reactive ketones (excluding diaryl/α,β-unsaturated/α-hetero) is 1. The zero-order valence-electron chi connectivity index (χ0n) is 8.80. The minimum absolute atomic E-state index is 0.240. The van der Waals surface area contributed by atoms with Gasteiger partial charge in [0, 0.05) is 10.5 Å². The average molecular weight is 240 g/mol. The summed E-state index contributed by atoms with van der Waals surface area (Å²) in [5, 5.41) is 8.65. The number of ether oxygens (including phenoxy) is 1. The van der Waals surface area contributed by atoms with Crippen LogP contribution in [0.2, 0.25) is 0 Å². The summed E-state index contributed by atoms with van der Waals surface area (Å²) in [5.41, 5.74) is 0.463. The van der Waals surface area contributed by atoms with Crippen molar-refractivity contribution in [1.82, 2.24) is 0 Å². The lowest BCUT2D eigenvalue weighted by Crippen LogP contribution is -2.04. The molecule has 0 radical (unpaired) electrons. The second kappa shape index (κ2) is 6.30. The number of carbonyl (C=O) groups excluding carboxylic acids is 2. The summed E-state index contributed by atoms with van der Waals surface area (Å²) in [6.45, 7) is -0.491. The molecule has 86 valence electrons. The Morgan fingerprint density at radius 3 is 2.44 bits per heavy atom. The molecule has 1 rings (SSSR count). The largest absolute Gasteiger partial charge is 0.468 e. The number of carbonyl (C=O) groups is 2. The lowest BCUT2D eigenvalue weighted by Gasteiger charge is -2.01. The van der Waals surface area contributed by atoms with Gasteiger partial charge < -0.3 is 9.84 Å². The van der Waals surface area contributed by atoms with Crippen LogP contribution in [0.15, 0.2) is 29.2 Å². The van der Waals surface area contributed by atoms with E-state index in [2.05, 4.69) is 4.74 Å². The molecule has 0 bridgehead atoms. The predicted molar refractivity (Wildman–Crippen MR) is 60.6 cm³/mol. The lowest BCUT2D eigenvalue weighted by molar-refractivity contribution is -0.137. The van der Waals surface area contributed by atoms with Crippen molar-refractivity contribution in [1.29, 1.82) is 0 Å². The van der Waals surface area contributed by atoms with Crippen molar-refractivity contribution < 1.29 is 19.4 Å². The maximum atomic E-state index is 11.1. The molecule has 1 aromatic rings. The predicted octanol–water partition coefficient (Wildman–Crippen LogP) is 1.13. The smallest absolute Gasteiger partial charge is 0.315 e. The van der Waals surface area contributed by atoms with Gasteiger partial charge in [-0.05, 0) is 12.1 Å². The summed E-state index contributed by atoms with van der Waals surface area (Å²) in [6, 6.07) is 6.71. The molecule has 0 aliphatic carbocycles. The topological polar surface area (TPSA) is 63.6 Å². The highest BCUT2D eigenvalue weighted by Gasteiger charge is 2.05. The number of rotatable bonds is 5. The van der Waals surface area contributed by atoms with Crippen LogP contribution in [0.1, 0.15) is 10.4 Å². The van der Waals surface area contributed by atoms with E-state index in [0.717, 1.165) is 4.90 Å². The van der Waals surface area contributed by atoms with Gasteiger partial charge in [0.2, 0.25) is 0 Å². The van der Waals surface area contributed by atoms with E-state index in [0.29, 0.717) is 5.56 Å². The number of ketones is 1. The Morgan fingerprint density at radius 2 is 1.94 bits per heavy atom. The number of aliphatic hydroxyl groups excluding tert-OH is 1. The Hall–Kier alpha value is -1.33. The van der Waals surface area contributed by atoms with E-state index in [-0.39, 0.29) is 17.5 Å². The molecule has 16 heavy (non-hydrogen) atoms. The van der Waals surface area contributed by atoms with Gasteiger partial charge in [0.15, 0.2) is 5.78 Å². The molecule has 0 atom stereocenters. The van der Waals surface area contributed by atoms with E-state index in [9.17, 15) is 9.59 Å². The summed E-state index contributed by atoms with van der Waals surface area (Å²) in [6.07, 6.45) is 0. The van der Waals surface area contributed by atoms with Gasteiger partial charge in [0.25, 0.3) is 0 Å². The van der Waals surface area contributed by atoms with Gasteiger partial charge in [-0.2, -0.15) is 0 Å². The van der Waals surface area contributed by atoms with Crippen LogP contribution in [0.4, 0.5) is 0 Å². The van der Waals surface area contributed by atoms with Gasteiger partial charge in [-0.3, -0.25) is 9.59 Å². The fourth-order valence-corrected chi connectivity index (χ4v) is 1.76. The molecule has 1 aromatic carbocycles. The number of esters is 1. The minimum atomic E-state index is -0.491. The molecular weight excluding hydrogens is 228 g/mol. The van der Waals surface area contributed by atoms with E-state index < -0.39 is 6.61 Å². The maximum absolute atomic E-state index is 11.1. The van der Waals surface area contributed by atoms with E-state index >= 15 is 0 Å². The van der Waals surface area contributed by atoms with Gasteiger partial charge in [-0.1, -0.05) is 12.1 Å². The van der Waals surface area contributed by atoms with Crippen molar-refractivity contribution in [2.45, 2.75) is 4.90 Å². The quantitative estimate of drug-likeness (QED) is 0.475. The van der Waals surface area contributed by atoms with Crippen molar-refractivity contribution in [2.75, 3.05) is 19.5 Å². The molecule has 0 saturated carbocycles. The normalized spacial score (nSPS) is 9.88. The monoisotopic (exact) mass is 240 g/mol. The Morgan fingerprint density at radius 1 is 1.31 bits per heavy atom. The van der Waals surface area contributed by atoms with Crippen molar-refractivity contribution >= 4 is 23.5 Å². The lowest BCUT2D eigenvalue weighted by atomic mass is 10.1. The van der Waals surface area contributed by atoms with Crippen molar-refractivity contribution in [3.8, 4) is 0 Å². The highest BCUT2D eigenvalue weighted by Crippen LogP contribution is 2.18. The second-order valence-electron chi connectivity index (χ2n) is 2.97. The van der Waals surface area contributed by atoms with Gasteiger partial charge in [0.1, 0.15) is 6.61 Å². The molecule has 0 heterocycles. The fraction of sp³-hybridized carbons (Fsp3) is 0.273. The molecule has 1 N–H and O–H groups in total. The zero-order chi connectivity index (χ0) is 12.0. The van der Waals surface area contributed by atoms with Crippen LogP contribution >= 0.6 is 11.8 Å². The second-order valence-corrected chi connectivity index (χ2v) is 4.02. The van der Waals surface area contributed by atoms with Crippen LogP contribution in [-0.4, -0.2) is 36.3 Å². The Balaban J connectivity index is 2.58. The van der Waals surface area contributed by atoms with E-state index in [4.69, 9.17) is 5.11 Å². The first-order valence-corrected chi connectivity index (χ1v) is 5.59. The van der Waals surface area contributed by atoms with Crippen LogP contribution in [-0.2, 0) is 9.53 Å². The highest BCUT2D eigenvalue weighted by molar-refractivity contribution is 8.00. The average Bonchev–Trinajstić information content (AvgIpc) is 2.35. The maximum Gasteiger partial charge on any atom is 0.315 e. The SMILES string of the molecule is COC(=O)CSc1ccc(C(=O)CO)cc1. The summed E-state index contributed by atoms with van der Waals surface area (Å²) in [7, 11) is 1.34. The van der Waals surface area contributed by atoms with Gasteiger partial charge in [0.05, 0.1) is 12.9 Å². The minimum Gasteiger partial charge on any atom is -0.468 e. The third-order valence-corrected chi connectivity index (χ3v) is 2.89. The van der Waals surface area contributed by atoms with E-state index in [1.807, 2.05) is 0 Å². The molecule has 0 spiro atoms.